The van der Waals surface area contributed by atoms with Crippen LogP contribution in [0.15, 0.2) is 48.5 Å². The van der Waals surface area contributed by atoms with Gasteiger partial charge in [0.15, 0.2) is 0 Å². The van der Waals surface area contributed by atoms with E-state index in [1.54, 1.807) is 4.68 Å². The molecule has 2 heterocycles. The lowest BCUT2D eigenvalue weighted by atomic mass is 10.1. The molecule has 160 valence electrons. The van der Waals surface area contributed by atoms with Crippen molar-refractivity contribution in [3.05, 3.63) is 70.0 Å². The predicted molar refractivity (Wildman–Crippen MR) is 122 cm³/mol. The van der Waals surface area contributed by atoms with E-state index < -0.39 is 0 Å². The van der Waals surface area contributed by atoms with E-state index in [1.807, 2.05) is 18.2 Å². The first kappa shape index (κ1) is 19.6. The van der Waals surface area contributed by atoms with Gasteiger partial charge in [-0.25, -0.2) is 4.68 Å². The van der Waals surface area contributed by atoms with Gasteiger partial charge >= 0.3 is 0 Å². The third-order valence-corrected chi connectivity index (χ3v) is 7.52. The van der Waals surface area contributed by atoms with Gasteiger partial charge in [-0.05, 0) is 49.9 Å². The zero-order chi connectivity index (χ0) is 20.9. The lowest BCUT2D eigenvalue weighted by molar-refractivity contribution is 0.00991. The maximum absolute atomic E-state index is 6.51. The highest BCUT2D eigenvalue weighted by molar-refractivity contribution is 6.37. The smallest absolute Gasteiger partial charge is 0.104 e. The number of hydrogen-bond acceptors (Lipinski definition) is 4. The summed E-state index contributed by atoms with van der Waals surface area (Å²) < 4.78 is 8.31. The molecule has 3 atom stereocenters. The first-order valence-corrected chi connectivity index (χ1v) is 11.8. The molecule has 2 aromatic carbocycles. The Labute approximate surface area is 191 Å². The molecule has 0 unspecified atom stereocenters. The van der Waals surface area contributed by atoms with Crippen LogP contribution in [0.25, 0.3) is 5.69 Å². The van der Waals surface area contributed by atoms with Crippen molar-refractivity contribution in [2.24, 2.45) is 5.92 Å². The summed E-state index contributed by atoms with van der Waals surface area (Å²) in [7, 11) is 0. The highest BCUT2D eigenvalue weighted by atomic mass is 35.5. The third-order valence-electron chi connectivity index (χ3n) is 6.91. The maximum Gasteiger partial charge on any atom is 0.104 e. The van der Waals surface area contributed by atoms with E-state index in [-0.39, 0.29) is 6.10 Å². The van der Waals surface area contributed by atoms with E-state index in [9.17, 15) is 0 Å². The van der Waals surface area contributed by atoms with Crippen LogP contribution in [0.3, 0.4) is 0 Å². The van der Waals surface area contributed by atoms with Gasteiger partial charge in [0.1, 0.15) is 5.69 Å². The number of halogens is 2. The van der Waals surface area contributed by atoms with E-state index in [0.29, 0.717) is 40.2 Å². The van der Waals surface area contributed by atoms with Crippen LogP contribution < -0.4 is 4.90 Å². The van der Waals surface area contributed by atoms with Crippen molar-refractivity contribution < 1.29 is 4.74 Å². The molecule has 3 fully saturated rings. The summed E-state index contributed by atoms with van der Waals surface area (Å²) in [6.07, 6.45) is 4.84. The number of para-hydroxylation sites is 2. The van der Waals surface area contributed by atoms with E-state index in [0.717, 1.165) is 37.2 Å². The molecule has 3 aromatic rings. The normalized spacial score (nSPS) is 24.8. The number of fused-ring (bicyclic) bond motifs is 2. The Morgan fingerprint density at radius 2 is 1.74 bits per heavy atom. The van der Waals surface area contributed by atoms with Crippen molar-refractivity contribution in [2.45, 2.75) is 50.4 Å². The second-order valence-electron chi connectivity index (χ2n) is 8.90. The molecule has 1 aromatic heterocycles. The van der Waals surface area contributed by atoms with Crippen molar-refractivity contribution in [3.63, 3.8) is 0 Å². The van der Waals surface area contributed by atoms with Crippen LogP contribution >= 0.6 is 23.2 Å². The standard InChI is InChI=1S/C24H24Cl2N4O/c25-19-7-4-8-20(26)24(19)30-21(23(27-28-30)15-9-10-15)14-31-22-12-18-11-16(22)13-29(18)17-5-2-1-3-6-17/h1-8,15-16,18,22H,9-14H2/t16-,18-,22+/m0/s1. The fraction of sp³-hybridized carbons (Fsp3) is 0.417. The molecule has 0 spiro atoms. The van der Waals surface area contributed by atoms with Gasteiger partial charge in [-0.15, -0.1) is 5.10 Å². The first-order chi connectivity index (χ1) is 15.2. The first-order valence-electron chi connectivity index (χ1n) is 11.0. The SMILES string of the molecule is Clc1cccc(Cl)c1-n1nnc(C2CC2)c1CO[C@@H]1C[C@@H]2C[C@H]1CN2c1ccccc1. The molecule has 0 radical (unpaired) electrons. The molecule has 2 aliphatic carbocycles. The summed E-state index contributed by atoms with van der Waals surface area (Å²) in [5, 5.41) is 10.1. The van der Waals surface area contributed by atoms with Gasteiger partial charge in [0, 0.05) is 30.1 Å². The molecule has 2 saturated carbocycles. The van der Waals surface area contributed by atoms with Crippen LogP contribution in [-0.2, 0) is 11.3 Å². The zero-order valence-electron chi connectivity index (χ0n) is 17.1. The molecular formula is C24H24Cl2N4O. The number of nitrogens with zero attached hydrogens (tertiary/aromatic N) is 4. The fourth-order valence-corrected chi connectivity index (χ4v) is 5.78. The molecule has 0 amide bonds. The largest absolute Gasteiger partial charge is 0.371 e. The summed E-state index contributed by atoms with van der Waals surface area (Å²) in [6.45, 7) is 1.54. The number of benzene rings is 2. The molecule has 5 nitrogen and oxygen atoms in total. The Bertz CT molecular complexity index is 1080. The van der Waals surface area contributed by atoms with Crippen LogP contribution in [0.1, 0.15) is 43.0 Å². The number of anilines is 1. The number of piperidine rings is 1. The number of rotatable bonds is 6. The minimum absolute atomic E-state index is 0.266. The van der Waals surface area contributed by atoms with Crippen molar-refractivity contribution >= 4 is 28.9 Å². The van der Waals surface area contributed by atoms with Crippen molar-refractivity contribution in [1.29, 1.82) is 0 Å². The van der Waals surface area contributed by atoms with Gasteiger partial charge < -0.3 is 9.64 Å². The van der Waals surface area contributed by atoms with Gasteiger partial charge in [-0.3, -0.25) is 0 Å². The van der Waals surface area contributed by atoms with E-state index in [2.05, 4.69) is 45.5 Å². The van der Waals surface area contributed by atoms with Crippen molar-refractivity contribution in [2.75, 3.05) is 11.4 Å². The quantitative estimate of drug-likeness (QED) is 0.483. The zero-order valence-corrected chi connectivity index (χ0v) is 18.6. The van der Waals surface area contributed by atoms with E-state index >= 15 is 0 Å². The molecule has 1 aliphatic heterocycles. The highest BCUT2D eigenvalue weighted by Gasteiger charge is 2.45. The van der Waals surface area contributed by atoms with Crippen LogP contribution in [0, 0.1) is 5.92 Å². The lowest BCUT2D eigenvalue weighted by Gasteiger charge is -2.33. The number of aromatic nitrogens is 3. The van der Waals surface area contributed by atoms with Crippen molar-refractivity contribution in [3.8, 4) is 5.69 Å². The minimum Gasteiger partial charge on any atom is -0.371 e. The summed E-state index contributed by atoms with van der Waals surface area (Å²) in [4.78, 5) is 2.54. The van der Waals surface area contributed by atoms with E-state index in [4.69, 9.17) is 27.9 Å². The Hall–Kier alpha value is -2.08. The summed E-state index contributed by atoms with van der Waals surface area (Å²) in [5.74, 6) is 1.03. The molecule has 6 rings (SSSR count). The van der Waals surface area contributed by atoms with Crippen molar-refractivity contribution in [1.82, 2.24) is 15.0 Å². The van der Waals surface area contributed by atoms with Gasteiger partial charge in [0.2, 0.25) is 0 Å². The Morgan fingerprint density at radius 1 is 0.968 bits per heavy atom. The number of hydrogen-bond donors (Lipinski definition) is 0. The van der Waals surface area contributed by atoms with Crippen LogP contribution in [-0.4, -0.2) is 33.7 Å². The second-order valence-corrected chi connectivity index (χ2v) is 9.71. The van der Waals surface area contributed by atoms with Crippen LogP contribution in [0.2, 0.25) is 10.0 Å². The van der Waals surface area contributed by atoms with E-state index in [1.165, 1.54) is 12.1 Å². The summed E-state index contributed by atoms with van der Waals surface area (Å²) in [6, 6.07) is 16.8. The Morgan fingerprint density at radius 3 is 2.42 bits per heavy atom. The minimum atomic E-state index is 0.266. The molecule has 1 saturated heterocycles. The molecule has 0 N–H and O–H groups in total. The van der Waals surface area contributed by atoms with Gasteiger partial charge in [-0.1, -0.05) is 52.7 Å². The van der Waals surface area contributed by atoms with Gasteiger partial charge in [-0.2, -0.15) is 0 Å². The lowest BCUT2D eigenvalue weighted by Crippen LogP contribution is -2.38. The fourth-order valence-electron chi connectivity index (χ4n) is 5.23. The number of ether oxygens (including phenoxy) is 1. The topological polar surface area (TPSA) is 43.2 Å². The van der Waals surface area contributed by atoms with Crippen LogP contribution in [0.4, 0.5) is 5.69 Å². The average Bonchev–Trinajstić information content (AvgIpc) is 3.24. The average molecular weight is 455 g/mol. The Balaban J connectivity index is 1.21. The van der Waals surface area contributed by atoms with Crippen LogP contribution in [0.5, 0.6) is 0 Å². The maximum atomic E-state index is 6.51. The predicted octanol–water partition coefficient (Wildman–Crippen LogP) is 5.64. The Kier molecular flexibility index (Phi) is 4.93. The van der Waals surface area contributed by atoms with Gasteiger partial charge in [0.25, 0.3) is 0 Å². The molecule has 2 bridgehead atoms. The molecule has 3 aliphatic rings. The second kappa shape index (κ2) is 7.80. The van der Waals surface area contributed by atoms with Gasteiger partial charge in [0.05, 0.1) is 34.1 Å². The highest BCUT2D eigenvalue weighted by Crippen LogP contribution is 2.44. The monoisotopic (exact) mass is 454 g/mol. The molecule has 31 heavy (non-hydrogen) atoms. The third kappa shape index (κ3) is 3.53. The summed E-state index contributed by atoms with van der Waals surface area (Å²) >= 11 is 12.9. The molecular weight excluding hydrogens is 431 g/mol. The molecule has 7 heteroatoms. The summed E-state index contributed by atoms with van der Waals surface area (Å²) in [5.41, 5.74) is 4.03.